The van der Waals surface area contributed by atoms with E-state index in [4.69, 9.17) is 17.3 Å². The Bertz CT molecular complexity index is 557. The van der Waals surface area contributed by atoms with E-state index in [2.05, 4.69) is 15.9 Å². The number of hydrogen-bond donors (Lipinski definition) is 1. The maximum Gasteiger partial charge on any atom is 0.245 e. The molecule has 106 valence electrons. The molecule has 0 aromatic heterocycles. The first-order chi connectivity index (χ1) is 8.84. The minimum absolute atomic E-state index is 0.00474. The number of sulfonamides is 1. The second-order valence-corrected chi connectivity index (χ2v) is 7.96. The number of hydrogen-bond acceptors (Lipinski definition) is 3. The van der Waals surface area contributed by atoms with Crippen molar-refractivity contribution in [1.29, 1.82) is 0 Å². The van der Waals surface area contributed by atoms with Gasteiger partial charge in [-0.15, -0.1) is 0 Å². The molecule has 4 nitrogen and oxygen atoms in total. The van der Waals surface area contributed by atoms with Gasteiger partial charge in [-0.1, -0.05) is 17.7 Å². The van der Waals surface area contributed by atoms with Crippen molar-refractivity contribution in [2.75, 3.05) is 13.1 Å². The smallest absolute Gasteiger partial charge is 0.245 e. The maximum absolute atomic E-state index is 12.6. The first-order valence-electron chi connectivity index (χ1n) is 6.03. The van der Waals surface area contributed by atoms with Crippen LogP contribution in [-0.2, 0) is 10.0 Å². The standard InChI is InChI=1S/C12H16BrClN2O2S/c1-8(15)9-5-6-16(7-9)19(17,18)12-10(13)3-2-4-11(12)14/h2-4,8-9H,5-7,15H2,1H3. The van der Waals surface area contributed by atoms with Gasteiger partial charge in [-0.25, -0.2) is 8.42 Å². The summed E-state index contributed by atoms with van der Waals surface area (Å²) in [6.45, 7) is 2.86. The molecule has 1 saturated heterocycles. The van der Waals surface area contributed by atoms with Gasteiger partial charge in [-0.05, 0) is 47.3 Å². The molecule has 2 atom stereocenters. The fourth-order valence-corrected chi connectivity index (χ4v) is 5.44. The normalized spacial score (nSPS) is 22.6. The summed E-state index contributed by atoms with van der Waals surface area (Å²) in [5, 5.41) is 0.235. The van der Waals surface area contributed by atoms with Gasteiger partial charge >= 0.3 is 0 Å². The number of nitrogens with zero attached hydrogens (tertiary/aromatic N) is 1. The molecule has 0 aliphatic carbocycles. The molecule has 1 aliphatic heterocycles. The van der Waals surface area contributed by atoms with E-state index in [1.54, 1.807) is 18.2 Å². The van der Waals surface area contributed by atoms with Crippen molar-refractivity contribution < 1.29 is 8.42 Å². The first kappa shape index (κ1) is 15.3. The SMILES string of the molecule is CC(N)C1CCN(S(=O)(=O)c2c(Cl)cccc2Br)C1. The highest BCUT2D eigenvalue weighted by molar-refractivity contribution is 9.10. The molecule has 1 aromatic carbocycles. The zero-order valence-electron chi connectivity index (χ0n) is 10.5. The maximum atomic E-state index is 12.6. The lowest BCUT2D eigenvalue weighted by Crippen LogP contribution is -2.33. The highest BCUT2D eigenvalue weighted by Crippen LogP contribution is 2.34. The molecule has 2 unspecified atom stereocenters. The molecule has 0 saturated carbocycles. The van der Waals surface area contributed by atoms with E-state index >= 15 is 0 Å². The van der Waals surface area contributed by atoms with E-state index in [-0.39, 0.29) is 21.9 Å². The quantitative estimate of drug-likeness (QED) is 0.892. The van der Waals surface area contributed by atoms with Crippen LogP contribution in [0.4, 0.5) is 0 Å². The highest BCUT2D eigenvalue weighted by atomic mass is 79.9. The van der Waals surface area contributed by atoms with Crippen LogP contribution in [0, 0.1) is 5.92 Å². The minimum atomic E-state index is -3.57. The van der Waals surface area contributed by atoms with Crippen LogP contribution in [0.3, 0.4) is 0 Å². The van der Waals surface area contributed by atoms with E-state index in [0.717, 1.165) is 6.42 Å². The fraction of sp³-hybridized carbons (Fsp3) is 0.500. The first-order valence-corrected chi connectivity index (χ1v) is 8.65. The monoisotopic (exact) mass is 366 g/mol. The third-order valence-corrected chi connectivity index (χ3v) is 6.77. The Morgan fingerprint density at radius 3 is 2.74 bits per heavy atom. The summed E-state index contributed by atoms with van der Waals surface area (Å²) in [6, 6.07) is 4.96. The Kier molecular flexibility index (Phi) is 4.57. The van der Waals surface area contributed by atoms with E-state index in [1.165, 1.54) is 4.31 Å². The topological polar surface area (TPSA) is 63.4 Å². The van der Waals surface area contributed by atoms with Crippen LogP contribution in [0.2, 0.25) is 5.02 Å². The molecule has 0 amide bonds. The van der Waals surface area contributed by atoms with Crippen LogP contribution in [0.1, 0.15) is 13.3 Å². The van der Waals surface area contributed by atoms with Gasteiger partial charge in [-0.3, -0.25) is 0 Å². The van der Waals surface area contributed by atoms with Crippen molar-refractivity contribution in [1.82, 2.24) is 4.31 Å². The zero-order chi connectivity index (χ0) is 14.2. The van der Waals surface area contributed by atoms with Crippen LogP contribution in [0.25, 0.3) is 0 Å². The zero-order valence-corrected chi connectivity index (χ0v) is 13.7. The summed E-state index contributed by atoms with van der Waals surface area (Å²) >= 11 is 9.29. The predicted molar refractivity (Wildman–Crippen MR) is 79.7 cm³/mol. The largest absolute Gasteiger partial charge is 0.328 e. The van der Waals surface area contributed by atoms with E-state index in [9.17, 15) is 8.42 Å². The number of halogens is 2. The molecule has 1 aromatic rings. The predicted octanol–water partition coefficient (Wildman–Crippen LogP) is 2.46. The van der Waals surface area contributed by atoms with E-state index in [1.807, 2.05) is 6.92 Å². The summed E-state index contributed by atoms with van der Waals surface area (Å²) in [5.41, 5.74) is 5.84. The molecule has 0 bridgehead atoms. The molecule has 0 radical (unpaired) electrons. The van der Waals surface area contributed by atoms with Gasteiger partial charge in [0, 0.05) is 23.6 Å². The lowest BCUT2D eigenvalue weighted by Gasteiger charge is -2.19. The van der Waals surface area contributed by atoms with Gasteiger partial charge in [0.2, 0.25) is 10.0 Å². The summed E-state index contributed by atoms with van der Waals surface area (Å²) in [7, 11) is -3.57. The number of benzene rings is 1. The Labute approximate surface area is 127 Å². The Balaban J connectivity index is 2.34. The average Bonchev–Trinajstić information content (AvgIpc) is 2.78. The summed E-state index contributed by atoms with van der Waals surface area (Å²) < 4.78 is 27.2. The second-order valence-electron chi connectivity index (χ2n) is 4.82. The van der Waals surface area contributed by atoms with Gasteiger partial charge in [0.15, 0.2) is 0 Å². The van der Waals surface area contributed by atoms with Crippen LogP contribution in [-0.4, -0.2) is 31.9 Å². The molecule has 7 heteroatoms. The molecule has 2 N–H and O–H groups in total. The fourth-order valence-electron chi connectivity index (χ4n) is 2.26. The lowest BCUT2D eigenvalue weighted by atomic mass is 10.0. The average molecular weight is 368 g/mol. The molecular formula is C12H16BrClN2O2S. The number of rotatable bonds is 3. The molecule has 0 spiro atoms. The van der Waals surface area contributed by atoms with Crippen molar-refractivity contribution in [2.24, 2.45) is 11.7 Å². The lowest BCUT2D eigenvalue weighted by molar-refractivity contribution is 0.429. The second kappa shape index (κ2) is 5.69. The van der Waals surface area contributed by atoms with Crippen molar-refractivity contribution in [3.63, 3.8) is 0 Å². The minimum Gasteiger partial charge on any atom is -0.328 e. The van der Waals surface area contributed by atoms with Crippen LogP contribution < -0.4 is 5.73 Å². The van der Waals surface area contributed by atoms with Crippen LogP contribution in [0.5, 0.6) is 0 Å². The van der Waals surface area contributed by atoms with Crippen molar-refractivity contribution in [3.8, 4) is 0 Å². The Morgan fingerprint density at radius 1 is 1.53 bits per heavy atom. The van der Waals surface area contributed by atoms with Gasteiger partial charge in [0.1, 0.15) is 4.90 Å². The molecular weight excluding hydrogens is 352 g/mol. The van der Waals surface area contributed by atoms with Crippen molar-refractivity contribution in [2.45, 2.75) is 24.3 Å². The van der Waals surface area contributed by atoms with E-state index in [0.29, 0.717) is 17.6 Å². The Morgan fingerprint density at radius 2 is 2.21 bits per heavy atom. The van der Waals surface area contributed by atoms with Gasteiger partial charge in [-0.2, -0.15) is 4.31 Å². The van der Waals surface area contributed by atoms with E-state index < -0.39 is 10.0 Å². The third kappa shape index (κ3) is 2.97. The molecule has 19 heavy (non-hydrogen) atoms. The van der Waals surface area contributed by atoms with Crippen molar-refractivity contribution in [3.05, 3.63) is 27.7 Å². The molecule has 2 rings (SSSR count). The molecule has 1 heterocycles. The van der Waals surface area contributed by atoms with Gasteiger partial charge in [0.25, 0.3) is 0 Å². The molecule has 1 aliphatic rings. The van der Waals surface area contributed by atoms with Gasteiger partial charge in [0.05, 0.1) is 5.02 Å². The highest BCUT2D eigenvalue weighted by Gasteiger charge is 2.35. The van der Waals surface area contributed by atoms with Crippen LogP contribution >= 0.6 is 27.5 Å². The molecule has 1 fully saturated rings. The number of nitrogens with two attached hydrogens (primary N) is 1. The van der Waals surface area contributed by atoms with Crippen molar-refractivity contribution >= 4 is 37.6 Å². The van der Waals surface area contributed by atoms with Gasteiger partial charge < -0.3 is 5.73 Å². The summed E-state index contributed by atoms with van der Waals surface area (Å²) in [5.74, 6) is 0.205. The van der Waals surface area contributed by atoms with Crippen LogP contribution in [0.15, 0.2) is 27.6 Å². The third-order valence-electron chi connectivity index (χ3n) is 3.45. The Hall–Kier alpha value is -0.140. The summed E-state index contributed by atoms with van der Waals surface area (Å²) in [6.07, 6.45) is 0.791. The summed E-state index contributed by atoms with van der Waals surface area (Å²) in [4.78, 5) is 0.141.